The summed E-state index contributed by atoms with van der Waals surface area (Å²) in [6, 6.07) is 4.95. The van der Waals surface area contributed by atoms with Crippen LogP contribution in [0.3, 0.4) is 0 Å². The highest BCUT2D eigenvalue weighted by Gasteiger charge is 2.02. The summed E-state index contributed by atoms with van der Waals surface area (Å²) in [6.07, 6.45) is 0.155. The molecule has 0 aliphatic rings. The first-order valence-corrected chi connectivity index (χ1v) is 4.60. The van der Waals surface area contributed by atoms with Gasteiger partial charge in [0.2, 0.25) is 0 Å². The van der Waals surface area contributed by atoms with Gasteiger partial charge in [0.15, 0.2) is 6.29 Å². The minimum atomic E-state index is -0.516. The minimum absolute atomic E-state index is 0.296. The van der Waals surface area contributed by atoms with Crippen molar-refractivity contribution < 1.29 is 14.3 Å². The maximum Gasteiger partial charge on any atom is 0.407 e. The summed E-state index contributed by atoms with van der Waals surface area (Å²) in [4.78, 5) is 21.4. The molecule has 0 saturated heterocycles. The highest BCUT2D eigenvalue weighted by atomic mass is 35.5. The van der Waals surface area contributed by atoms with Crippen molar-refractivity contribution in [3.63, 3.8) is 0 Å². The summed E-state index contributed by atoms with van der Waals surface area (Å²) >= 11 is 5.74. The second kappa shape index (κ2) is 5.36. The maximum atomic E-state index is 10.8. The number of aldehydes is 1. The fourth-order valence-electron chi connectivity index (χ4n) is 1.04. The molecule has 1 N–H and O–H groups in total. The van der Waals surface area contributed by atoms with Crippen LogP contribution in [-0.2, 0) is 11.3 Å². The fourth-order valence-corrected chi connectivity index (χ4v) is 1.20. The van der Waals surface area contributed by atoms with E-state index in [1.165, 1.54) is 7.11 Å². The molecule has 1 aromatic rings. The van der Waals surface area contributed by atoms with Crippen molar-refractivity contribution in [1.82, 2.24) is 5.32 Å². The Hall–Kier alpha value is -1.55. The number of nitrogens with one attached hydrogen (secondary N) is 1. The molecule has 1 rings (SSSR count). The van der Waals surface area contributed by atoms with Crippen LogP contribution in [0.5, 0.6) is 0 Å². The topological polar surface area (TPSA) is 55.4 Å². The number of carbonyl (C=O) groups is 2. The number of amides is 1. The van der Waals surface area contributed by atoms with Gasteiger partial charge in [0.25, 0.3) is 0 Å². The van der Waals surface area contributed by atoms with Crippen molar-refractivity contribution in [1.29, 1.82) is 0 Å². The summed E-state index contributed by atoms with van der Waals surface area (Å²) in [5, 5.41) is 2.89. The number of alkyl carbamates (subject to hydrolysis) is 1. The molecule has 1 aromatic carbocycles. The predicted octanol–water partition coefficient (Wildman–Crippen LogP) is 2.01. The molecule has 4 nitrogen and oxygen atoms in total. The van der Waals surface area contributed by atoms with Crippen molar-refractivity contribution in [2.75, 3.05) is 7.11 Å². The van der Waals surface area contributed by atoms with Gasteiger partial charge >= 0.3 is 6.09 Å². The van der Waals surface area contributed by atoms with E-state index in [1.807, 2.05) is 0 Å². The average Bonchev–Trinajstić information content (AvgIpc) is 2.27. The number of rotatable bonds is 3. The Morgan fingerprint density at radius 1 is 1.60 bits per heavy atom. The van der Waals surface area contributed by atoms with Crippen molar-refractivity contribution >= 4 is 24.0 Å². The van der Waals surface area contributed by atoms with Crippen LogP contribution >= 0.6 is 11.6 Å². The molecule has 0 saturated carbocycles. The second-order valence-corrected chi connectivity index (χ2v) is 3.23. The van der Waals surface area contributed by atoms with Crippen molar-refractivity contribution in [3.05, 3.63) is 34.3 Å². The average molecular weight is 228 g/mol. The Morgan fingerprint density at radius 2 is 2.33 bits per heavy atom. The van der Waals surface area contributed by atoms with Gasteiger partial charge in [0, 0.05) is 12.1 Å². The summed E-state index contributed by atoms with van der Waals surface area (Å²) in [7, 11) is 1.29. The van der Waals surface area contributed by atoms with Gasteiger partial charge in [-0.2, -0.15) is 0 Å². The molecule has 0 unspecified atom stereocenters. The van der Waals surface area contributed by atoms with Crippen LogP contribution in [0.4, 0.5) is 4.79 Å². The van der Waals surface area contributed by atoms with E-state index in [0.717, 1.165) is 5.56 Å². The zero-order valence-corrected chi connectivity index (χ0v) is 8.88. The SMILES string of the molecule is COC(=O)NCc1ccc(Cl)c(C=O)c1. The van der Waals surface area contributed by atoms with Crippen LogP contribution < -0.4 is 5.32 Å². The first-order valence-electron chi connectivity index (χ1n) is 4.22. The van der Waals surface area contributed by atoms with Gasteiger partial charge in [-0.05, 0) is 17.7 Å². The van der Waals surface area contributed by atoms with E-state index >= 15 is 0 Å². The van der Waals surface area contributed by atoms with Gasteiger partial charge in [-0.1, -0.05) is 17.7 Å². The molecule has 1 amide bonds. The number of hydrogen-bond donors (Lipinski definition) is 1. The molecule has 5 heteroatoms. The Morgan fingerprint density at radius 3 is 2.93 bits per heavy atom. The van der Waals surface area contributed by atoms with Crippen LogP contribution in [0.2, 0.25) is 5.02 Å². The van der Waals surface area contributed by atoms with Crippen LogP contribution in [-0.4, -0.2) is 19.5 Å². The minimum Gasteiger partial charge on any atom is -0.453 e. The van der Waals surface area contributed by atoms with Gasteiger partial charge in [0.05, 0.1) is 12.1 Å². The molecule has 0 fully saturated rings. The fraction of sp³-hybridized carbons (Fsp3) is 0.200. The number of hydrogen-bond acceptors (Lipinski definition) is 3. The number of benzene rings is 1. The molecule has 0 heterocycles. The van der Waals surface area contributed by atoms with E-state index in [1.54, 1.807) is 18.2 Å². The quantitative estimate of drug-likeness (QED) is 0.804. The molecule has 0 spiro atoms. The Bertz CT molecular complexity index is 379. The third kappa shape index (κ3) is 3.25. The van der Waals surface area contributed by atoms with Gasteiger partial charge in [0.1, 0.15) is 0 Å². The van der Waals surface area contributed by atoms with Gasteiger partial charge < -0.3 is 10.1 Å². The van der Waals surface area contributed by atoms with Gasteiger partial charge in [-0.25, -0.2) is 4.79 Å². The second-order valence-electron chi connectivity index (χ2n) is 2.82. The Labute approximate surface area is 92.2 Å². The lowest BCUT2D eigenvalue weighted by molar-refractivity contribution is 0.112. The first kappa shape index (κ1) is 11.5. The molecular weight excluding hydrogens is 218 g/mol. The highest BCUT2D eigenvalue weighted by molar-refractivity contribution is 6.32. The van der Waals surface area contributed by atoms with Gasteiger partial charge in [-0.3, -0.25) is 4.79 Å². The monoisotopic (exact) mass is 227 g/mol. The molecule has 80 valence electrons. The smallest absolute Gasteiger partial charge is 0.407 e. The van der Waals surface area contributed by atoms with Crippen molar-refractivity contribution in [2.45, 2.75) is 6.54 Å². The molecule has 0 bridgehead atoms. The summed E-state index contributed by atoms with van der Waals surface area (Å²) in [5.74, 6) is 0. The molecule has 0 aliphatic heterocycles. The van der Waals surface area contributed by atoms with Gasteiger partial charge in [-0.15, -0.1) is 0 Å². The van der Waals surface area contributed by atoms with Crippen LogP contribution in [0.15, 0.2) is 18.2 Å². The zero-order valence-electron chi connectivity index (χ0n) is 8.12. The number of methoxy groups -OCH3 is 1. The molecular formula is C10H10ClNO3. The molecule has 0 radical (unpaired) electrons. The summed E-state index contributed by atoms with van der Waals surface area (Å²) < 4.78 is 4.41. The first-order chi connectivity index (χ1) is 7.17. The summed E-state index contributed by atoms with van der Waals surface area (Å²) in [6.45, 7) is 0.296. The third-order valence-electron chi connectivity index (χ3n) is 1.81. The van der Waals surface area contributed by atoms with Crippen LogP contribution in [0, 0.1) is 0 Å². The van der Waals surface area contributed by atoms with Crippen LogP contribution in [0.25, 0.3) is 0 Å². The number of ether oxygens (including phenoxy) is 1. The maximum absolute atomic E-state index is 10.8. The normalized spacial score (nSPS) is 9.47. The summed E-state index contributed by atoms with van der Waals surface area (Å²) in [5.41, 5.74) is 1.19. The van der Waals surface area contributed by atoms with Crippen LogP contribution in [0.1, 0.15) is 15.9 Å². The lowest BCUT2D eigenvalue weighted by atomic mass is 10.1. The molecule has 0 aliphatic carbocycles. The predicted molar refractivity (Wildman–Crippen MR) is 56.1 cm³/mol. The zero-order chi connectivity index (χ0) is 11.3. The Balaban J connectivity index is 2.70. The largest absolute Gasteiger partial charge is 0.453 e. The van der Waals surface area contributed by atoms with E-state index in [2.05, 4.69) is 10.1 Å². The van der Waals surface area contributed by atoms with E-state index in [0.29, 0.717) is 23.4 Å². The number of halogens is 1. The molecule has 0 atom stereocenters. The van der Waals surface area contributed by atoms with E-state index in [-0.39, 0.29) is 0 Å². The number of carbonyl (C=O) groups excluding carboxylic acids is 2. The third-order valence-corrected chi connectivity index (χ3v) is 2.15. The van der Waals surface area contributed by atoms with Crippen molar-refractivity contribution in [2.24, 2.45) is 0 Å². The standard InChI is InChI=1S/C10H10ClNO3/c1-15-10(14)12-5-7-2-3-9(11)8(4-7)6-13/h2-4,6H,5H2,1H3,(H,12,14). The molecule has 15 heavy (non-hydrogen) atoms. The molecule has 0 aromatic heterocycles. The van der Waals surface area contributed by atoms with E-state index < -0.39 is 6.09 Å². The lowest BCUT2D eigenvalue weighted by Crippen LogP contribution is -2.22. The highest BCUT2D eigenvalue weighted by Crippen LogP contribution is 2.15. The van der Waals surface area contributed by atoms with E-state index in [4.69, 9.17) is 11.6 Å². The Kier molecular flexibility index (Phi) is 4.12. The van der Waals surface area contributed by atoms with E-state index in [9.17, 15) is 9.59 Å². The van der Waals surface area contributed by atoms with Crippen molar-refractivity contribution in [3.8, 4) is 0 Å². The lowest BCUT2D eigenvalue weighted by Gasteiger charge is -2.04.